The number of ether oxygens (including phenoxy) is 1. The van der Waals surface area contributed by atoms with Crippen LogP contribution in [0.2, 0.25) is 0 Å². The first-order chi connectivity index (χ1) is 10.5. The summed E-state index contributed by atoms with van der Waals surface area (Å²) in [6.45, 7) is 13.0. The molecule has 4 heteroatoms. The number of aliphatic hydroxyl groups is 1. The molecular weight excluding hydrogens is 276 g/mol. The predicted octanol–water partition coefficient (Wildman–Crippen LogP) is 2.42. The third kappa shape index (κ3) is 4.00. The molecule has 0 amide bonds. The van der Waals surface area contributed by atoms with Crippen LogP contribution >= 0.6 is 0 Å². The van der Waals surface area contributed by atoms with Crippen molar-refractivity contribution in [1.29, 1.82) is 0 Å². The van der Waals surface area contributed by atoms with Gasteiger partial charge < -0.3 is 15.2 Å². The quantitative estimate of drug-likeness (QED) is 0.847. The van der Waals surface area contributed by atoms with Crippen molar-refractivity contribution >= 4 is 0 Å². The molecule has 0 aromatic heterocycles. The summed E-state index contributed by atoms with van der Waals surface area (Å²) in [6.07, 6.45) is 0.444. The Labute approximate surface area is 134 Å². The molecule has 22 heavy (non-hydrogen) atoms. The van der Waals surface area contributed by atoms with Crippen molar-refractivity contribution in [2.75, 3.05) is 32.8 Å². The minimum absolute atomic E-state index is 0.0901. The van der Waals surface area contributed by atoms with Crippen molar-refractivity contribution in [1.82, 2.24) is 10.2 Å². The number of piperazine rings is 1. The van der Waals surface area contributed by atoms with Crippen molar-refractivity contribution in [3.63, 3.8) is 0 Å². The van der Waals surface area contributed by atoms with Crippen molar-refractivity contribution in [3.8, 4) is 5.75 Å². The summed E-state index contributed by atoms with van der Waals surface area (Å²) >= 11 is 0. The van der Waals surface area contributed by atoms with E-state index in [2.05, 4.69) is 50.0 Å². The van der Waals surface area contributed by atoms with Crippen LogP contribution in [0.4, 0.5) is 0 Å². The molecule has 2 unspecified atom stereocenters. The lowest BCUT2D eigenvalue weighted by molar-refractivity contribution is 0.0489. The van der Waals surface area contributed by atoms with Crippen molar-refractivity contribution < 1.29 is 9.84 Å². The molecule has 124 valence electrons. The van der Waals surface area contributed by atoms with Gasteiger partial charge in [-0.25, -0.2) is 0 Å². The smallest absolute Gasteiger partial charge is 0.128 e. The second-order valence-electron chi connectivity index (χ2n) is 6.32. The third-order valence-electron chi connectivity index (χ3n) is 4.40. The maximum Gasteiger partial charge on any atom is 0.128 e. The van der Waals surface area contributed by atoms with Crippen LogP contribution in [0.15, 0.2) is 12.1 Å². The molecule has 0 radical (unpaired) electrons. The Morgan fingerprint density at radius 1 is 1.27 bits per heavy atom. The van der Waals surface area contributed by atoms with E-state index in [0.717, 1.165) is 49.5 Å². The van der Waals surface area contributed by atoms with Crippen LogP contribution in [-0.4, -0.2) is 48.8 Å². The zero-order valence-corrected chi connectivity index (χ0v) is 14.4. The SMILES string of the molecule is CCCOc1c(C)cc(C)cc1C(O)C(C)N1CCNCC1. The summed E-state index contributed by atoms with van der Waals surface area (Å²) in [5, 5.41) is 14.3. The summed E-state index contributed by atoms with van der Waals surface area (Å²) in [4.78, 5) is 2.35. The number of nitrogens with one attached hydrogen (secondary N) is 1. The molecule has 2 atom stereocenters. The molecule has 2 N–H and O–H groups in total. The van der Waals surface area contributed by atoms with E-state index in [9.17, 15) is 5.11 Å². The van der Waals surface area contributed by atoms with E-state index in [4.69, 9.17) is 4.74 Å². The Bertz CT molecular complexity index is 484. The van der Waals surface area contributed by atoms with Gasteiger partial charge >= 0.3 is 0 Å². The van der Waals surface area contributed by atoms with Gasteiger partial charge in [-0.1, -0.05) is 18.6 Å². The van der Waals surface area contributed by atoms with E-state index in [1.807, 2.05) is 0 Å². The summed E-state index contributed by atoms with van der Waals surface area (Å²) in [5.74, 6) is 0.863. The highest BCUT2D eigenvalue weighted by Gasteiger charge is 2.27. The van der Waals surface area contributed by atoms with E-state index in [1.54, 1.807) is 0 Å². The van der Waals surface area contributed by atoms with E-state index >= 15 is 0 Å². The van der Waals surface area contributed by atoms with E-state index in [0.29, 0.717) is 6.61 Å². The normalized spacial score (nSPS) is 19.0. The van der Waals surface area contributed by atoms with Crippen molar-refractivity contribution in [2.24, 2.45) is 0 Å². The van der Waals surface area contributed by atoms with E-state index in [-0.39, 0.29) is 6.04 Å². The maximum absolute atomic E-state index is 10.9. The Balaban J connectivity index is 2.24. The van der Waals surface area contributed by atoms with Gasteiger partial charge in [0.2, 0.25) is 0 Å². The monoisotopic (exact) mass is 306 g/mol. The lowest BCUT2D eigenvalue weighted by Crippen LogP contribution is -2.49. The van der Waals surface area contributed by atoms with Gasteiger partial charge in [-0.2, -0.15) is 0 Å². The van der Waals surface area contributed by atoms with Crippen LogP contribution in [0.1, 0.15) is 43.1 Å². The summed E-state index contributed by atoms with van der Waals surface area (Å²) in [6, 6.07) is 4.28. The Morgan fingerprint density at radius 2 is 1.95 bits per heavy atom. The lowest BCUT2D eigenvalue weighted by atomic mass is 9.96. The molecule has 2 rings (SSSR count). The second-order valence-corrected chi connectivity index (χ2v) is 6.32. The molecular formula is C18H30N2O2. The van der Waals surface area contributed by atoms with Gasteiger partial charge in [-0.15, -0.1) is 0 Å². The molecule has 1 aromatic rings. The molecule has 1 aliphatic heterocycles. The molecule has 1 aliphatic rings. The minimum atomic E-state index is -0.524. The van der Waals surface area contributed by atoms with Gasteiger partial charge in [0.25, 0.3) is 0 Å². The van der Waals surface area contributed by atoms with Crippen LogP contribution in [0.5, 0.6) is 5.75 Å². The van der Waals surface area contributed by atoms with Crippen molar-refractivity contribution in [3.05, 3.63) is 28.8 Å². The Morgan fingerprint density at radius 3 is 2.59 bits per heavy atom. The Hall–Kier alpha value is -1.10. The third-order valence-corrected chi connectivity index (χ3v) is 4.40. The fraction of sp³-hybridized carbons (Fsp3) is 0.667. The number of aliphatic hydroxyl groups excluding tert-OH is 1. The summed E-state index contributed by atoms with van der Waals surface area (Å²) < 4.78 is 5.94. The summed E-state index contributed by atoms with van der Waals surface area (Å²) in [5.41, 5.74) is 3.20. The van der Waals surface area contributed by atoms with Gasteiger partial charge in [-0.3, -0.25) is 4.90 Å². The van der Waals surface area contributed by atoms with E-state index < -0.39 is 6.10 Å². The molecule has 1 saturated heterocycles. The van der Waals surface area contributed by atoms with Crippen molar-refractivity contribution in [2.45, 2.75) is 46.3 Å². The Kier molecular flexibility index (Phi) is 6.24. The van der Waals surface area contributed by atoms with Crippen LogP contribution in [-0.2, 0) is 0 Å². The fourth-order valence-corrected chi connectivity index (χ4v) is 3.16. The number of aryl methyl sites for hydroxylation is 2. The average molecular weight is 306 g/mol. The van der Waals surface area contributed by atoms with E-state index in [1.165, 1.54) is 5.56 Å². The van der Waals surface area contributed by atoms with Crippen LogP contribution < -0.4 is 10.1 Å². The number of hydrogen-bond donors (Lipinski definition) is 2. The topological polar surface area (TPSA) is 44.7 Å². The molecule has 1 fully saturated rings. The highest BCUT2D eigenvalue weighted by atomic mass is 16.5. The predicted molar refractivity (Wildman–Crippen MR) is 90.6 cm³/mol. The zero-order chi connectivity index (χ0) is 16.1. The average Bonchev–Trinajstić information content (AvgIpc) is 2.53. The van der Waals surface area contributed by atoms with Crippen LogP contribution in [0.25, 0.3) is 0 Å². The first kappa shape index (κ1) is 17.3. The number of benzene rings is 1. The minimum Gasteiger partial charge on any atom is -0.493 e. The lowest BCUT2D eigenvalue weighted by Gasteiger charge is -2.36. The molecule has 0 spiro atoms. The molecule has 0 saturated carbocycles. The highest BCUT2D eigenvalue weighted by Crippen LogP contribution is 2.33. The first-order valence-corrected chi connectivity index (χ1v) is 8.41. The highest BCUT2D eigenvalue weighted by molar-refractivity contribution is 5.45. The first-order valence-electron chi connectivity index (χ1n) is 8.41. The molecule has 0 bridgehead atoms. The van der Waals surface area contributed by atoms with Crippen LogP contribution in [0.3, 0.4) is 0 Å². The largest absolute Gasteiger partial charge is 0.493 e. The summed E-state index contributed by atoms with van der Waals surface area (Å²) in [7, 11) is 0. The van der Waals surface area contributed by atoms with Gasteiger partial charge in [0.1, 0.15) is 5.75 Å². The van der Waals surface area contributed by atoms with Crippen LogP contribution in [0, 0.1) is 13.8 Å². The van der Waals surface area contributed by atoms with Gasteiger partial charge in [-0.05, 0) is 38.8 Å². The number of nitrogens with zero attached hydrogens (tertiary/aromatic N) is 1. The molecule has 4 nitrogen and oxygen atoms in total. The number of hydrogen-bond acceptors (Lipinski definition) is 4. The molecule has 1 aromatic carbocycles. The van der Waals surface area contributed by atoms with Gasteiger partial charge in [0.05, 0.1) is 12.7 Å². The fourth-order valence-electron chi connectivity index (χ4n) is 3.16. The number of rotatable bonds is 6. The molecule has 1 heterocycles. The maximum atomic E-state index is 10.9. The second kappa shape index (κ2) is 7.95. The standard InChI is InChI=1S/C18H30N2O2/c1-5-10-22-18-14(3)11-13(2)12-16(18)17(21)15(4)20-8-6-19-7-9-20/h11-12,15,17,19,21H,5-10H2,1-4H3. The molecule has 0 aliphatic carbocycles. The van der Waals surface area contributed by atoms with Gasteiger partial charge in [0, 0.05) is 37.8 Å². The zero-order valence-electron chi connectivity index (χ0n) is 14.4. The van der Waals surface area contributed by atoms with Gasteiger partial charge in [0.15, 0.2) is 0 Å².